The first-order valence-corrected chi connectivity index (χ1v) is 9.67. The van der Waals surface area contributed by atoms with Gasteiger partial charge in [-0.05, 0) is 54.5 Å². The van der Waals surface area contributed by atoms with E-state index in [0.29, 0.717) is 6.61 Å². The Morgan fingerprint density at radius 1 is 1.07 bits per heavy atom. The number of ether oxygens (including phenoxy) is 2. The Kier molecular flexibility index (Phi) is 6.44. The standard InChI is InChI=1S/C23H22O3S/c1-3-20-11-14-23(27-20)21(24)12-9-17-10-13-22(25-2)18(15-17)16-26-19-7-5-4-6-8-19/h4-15H,3,16H2,1-2H3/b12-9+. The predicted octanol–water partition coefficient (Wildman–Crippen LogP) is 5.79. The number of rotatable bonds is 8. The van der Waals surface area contributed by atoms with Gasteiger partial charge in [-0.1, -0.05) is 37.3 Å². The van der Waals surface area contributed by atoms with Crippen LogP contribution < -0.4 is 9.47 Å². The van der Waals surface area contributed by atoms with Crippen molar-refractivity contribution < 1.29 is 14.3 Å². The van der Waals surface area contributed by atoms with Crippen LogP contribution in [0.5, 0.6) is 11.5 Å². The van der Waals surface area contributed by atoms with Gasteiger partial charge in [0.1, 0.15) is 18.1 Å². The number of carbonyl (C=O) groups excluding carboxylic acids is 1. The summed E-state index contributed by atoms with van der Waals surface area (Å²) >= 11 is 1.55. The minimum Gasteiger partial charge on any atom is -0.496 e. The van der Waals surface area contributed by atoms with Crippen molar-refractivity contribution in [2.45, 2.75) is 20.0 Å². The Morgan fingerprint density at radius 2 is 1.89 bits per heavy atom. The van der Waals surface area contributed by atoms with Gasteiger partial charge in [0, 0.05) is 10.4 Å². The molecule has 0 bridgehead atoms. The van der Waals surface area contributed by atoms with Gasteiger partial charge in [-0.25, -0.2) is 0 Å². The summed E-state index contributed by atoms with van der Waals surface area (Å²) in [6.45, 7) is 2.49. The highest BCUT2D eigenvalue weighted by Crippen LogP contribution is 2.23. The molecular formula is C23H22O3S. The van der Waals surface area contributed by atoms with E-state index in [1.807, 2.05) is 66.7 Å². The molecule has 0 fully saturated rings. The molecule has 0 spiro atoms. The maximum absolute atomic E-state index is 12.3. The molecule has 0 radical (unpaired) electrons. The summed E-state index contributed by atoms with van der Waals surface area (Å²) in [5, 5.41) is 0. The molecule has 3 rings (SSSR count). The van der Waals surface area contributed by atoms with E-state index < -0.39 is 0 Å². The van der Waals surface area contributed by atoms with Gasteiger partial charge in [0.25, 0.3) is 0 Å². The lowest BCUT2D eigenvalue weighted by Gasteiger charge is -2.11. The van der Waals surface area contributed by atoms with Crippen molar-refractivity contribution in [1.82, 2.24) is 0 Å². The van der Waals surface area contributed by atoms with Crippen LogP contribution in [-0.2, 0) is 13.0 Å². The van der Waals surface area contributed by atoms with Crippen molar-refractivity contribution in [3.8, 4) is 11.5 Å². The quantitative estimate of drug-likeness (QED) is 0.367. The summed E-state index contributed by atoms with van der Waals surface area (Å²) in [7, 11) is 1.64. The third-order valence-electron chi connectivity index (χ3n) is 4.12. The topological polar surface area (TPSA) is 35.5 Å². The SMILES string of the molecule is CCc1ccc(C(=O)/C=C/c2ccc(OC)c(COc3ccccc3)c2)s1. The molecule has 0 atom stereocenters. The summed E-state index contributed by atoms with van der Waals surface area (Å²) in [6, 6.07) is 19.4. The number of para-hydroxylation sites is 1. The van der Waals surface area contributed by atoms with Crippen LogP contribution in [0.4, 0.5) is 0 Å². The number of benzene rings is 2. The fourth-order valence-corrected chi connectivity index (χ4v) is 3.51. The van der Waals surface area contributed by atoms with Crippen LogP contribution in [-0.4, -0.2) is 12.9 Å². The molecule has 1 aromatic heterocycles. The van der Waals surface area contributed by atoms with Crippen molar-refractivity contribution >= 4 is 23.2 Å². The molecule has 4 heteroatoms. The zero-order chi connectivity index (χ0) is 19.1. The van der Waals surface area contributed by atoms with Gasteiger partial charge in [-0.2, -0.15) is 0 Å². The molecule has 0 unspecified atom stereocenters. The molecule has 2 aromatic carbocycles. The van der Waals surface area contributed by atoms with Crippen LogP contribution in [0.2, 0.25) is 0 Å². The smallest absolute Gasteiger partial charge is 0.195 e. The molecule has 0 saturated carbocycles. The van der Waals surface area contributed by atoms with E-state index >= 15 is 0 Å². The second-order valence-corrected chi connectivity index (χ2v) is 7.16. The number of carbonyl (C=O) groups is 1. The van der Waals surface area contributed by atoms with E-state index in [1.54, 1.807) is 24.5 Å². The maximum Gasteiger partial charge on any atom is 0.195 e. The molecule has 0 aliphatic rings. The average molecular weight is 378 g/mol. The van der Waals surface area contributed by atoms with Crippen LogP contribution >= 0.6 is 11.3 Å². The Labute approximate surface area is 163 Å². The molecule has 138 valence electrons. The summed E-state index contributed by atoms with van der Waals surface area (Å²) in [4.78, 5) is 14.3. The Morgan fingerprint density at radius 3 is 2.59 bits per heavy atom. The van der Waals surface area contributed by atoms with E-state index in [2.05, 4.69) is 6.92 Å². The van der Waals surface area contributed by atoms with Crippen LogP contribution in [0.25, 0.3) is 6.08 Å². The third-order valence-corrected chi connectivity index (χ3v) is 5.37. The molecule has 27 heavy (non-hydrogen) atoms. The molecule has 3 aromatic rings. The van der Waals surface area contributed by atoms with Crippen LogP contribution in [0, 0.1) is 0 Å². The zero-order valence-electron chi connectivity index (χ0n) is 15.5. The monoisotopic (exact) mass is 378 g/mol. The van der Waals surface area contributed by atoms with Gasteiger partial charge < -0.3 is 9.47 Å². The summed E-state index contributed by atoms with van der Waals surface area (Å²) in [5.74, 6) is 1.60. The second-order valence-electron chi connectivity index (χ2n) is 5.99. The average Bonchev–Trinajstić information content (AvgIpc) is 3.20. The fraction of sp³-hybridized carbons (Fsp3) is 0.174. The van der Waals surface area contributed by atoms with Gasteiger partial charge in [-0.3, -0.25) is 4.79 Å². The number of thiophene rings is 1. The molecular weight excluding hydrogens is 356 g/mol. The van der Waals surface area contributed by atoms with Crippen molar-refractivity contribution in [3.63, 3.8) is 0 Å². The summed E-state index contributed by atoms with van der Waals surface area (Å²) in [6.07, 6.45) is 4.40. The predicted molar refractivity (Wildman–Crippen MR) is 111 cm³/mol. The van der Waals surface area contributed by atoms with Gasteiger partial charge in [0.2, 0.25) is 0 Å². The highest BCUT2D eigenvalue weighted by atomic mass is 32.1. The number of hydrogen-bond acceptors (Lipinski definition) is 4. The molecule has 0 aliphatic heterocycles. The Bertz CT molecular complexity index is 926. The number of hydrogen-bond donors (Lipinski definition) is 0. The van der Waals surface area contributed by atoms with Gasteiger partial charge in [-0.15, -0.1) is 11.3 Å². The van der Waals surface area contributed by atoms with Crippen LogP contribution in [0.1, 0.15) is 32.6 Å². The van der Waals surface area contributed by atoms with E-state index in [0.717, 1.165) is 33.9 Å². The lowest BCUT2D eigenvalue weighted by Crippen LogP contribution is -1.99. The van der Waals surface area contributed by atoms with Crippen molar-refractivity contribution in [1.29, 1.82) is 0 Å². The number of aryl methyl sites for hydroxylation is 1. The second kappa shape index (κ2) is 9.19. The Balaban J connectivity index is 1.72. The lowest BCUT2D eigenvalue weighted by molar-refractivity contribution is 0.105. The largest absolute Gasteiger partial charge is 0.496 e. The Hall–Kier alpha value is -2.85. The zero-order valence-corrected chi connectivity index (χ0v) is 16.3. The third kappa shape index (κ3) is 5.08. The van der Waals surface area contributed by atoms with Gasteiger partial charge in [0.05, 0.1) is 12.0 Å². The minimum atomic E-state index is 0.0256. The van der Waals surface area contributed by atoms with E-state index in [1.165, 1.54) is 4.88 Å². The molecule has 3 nitrogen and oxygen atoms in total. The van der Waals surface area contributed by atoms with Crippen molar-refractivity contribution in [2.24, 2.45) is 0 Å². The first-order valence-electron chi connectivity index (χ1n) is 8.85. The highest BCUT2D eigenvalue weighted by molar-refractivity contribution is 7.14. The number of allylic oxidation sites excluding steroid dienone is 1. The lowest BCUT2D eigenvalue weighted by atomic mass is 10.1. The molecule has 0 amide bonds. The normalized spacial score (nSPS) is 10.9. The van der Waals surface area contributed by atoms with Crippen molar-refractivity contribution in [3.05, 3.63) is 87.6 Å². The first-order chi connectivity index (χ1) is 13.2. The molecule has 0 aliphatic carbocycles. The first kappa shape index (κ1) is 18.9. The van der Waals surface area contributed by atoms with E-state index in [4.69, 9.17) is 9.47 Å². The van der Waals surface area contributed by atoms with E-state index in [9.17, 15) is 4.79 Å². The van der Waals surface area contributed by atoms with Crippen molar-refractivity contribution in [2.75, 3.05) is 7.11 Å². The van der Waals surface area contributed by atoms with Crippen LogP contribution in [0.15, 0.2) is 66.7 Å². The number of methoxy groups -OCH3 is 1. The molecule has 0 N–H and O–H groups in total. The summed E-state index contributed by atoms with van der Waals surface area (Å²) < 4.78 is 11.3. The number of ketones is 1. The highest BCUT2D eigenvalue weighted by Gasteiger charge is 2.07. The minimum absolute atomic E-state index is 0.0256. The molecule has 1 heterocycles. The summed E-state index contributed by atoms with van der Waals surface area (Å²) in [5.41, 5.74) is 1.86. The maximum atomic E-state index is 12.3. The van der Waals surface area contributed by atoms with Gasteiger partial charge in [0.15, 0.2) is 5.78 Å². The fourth-order valence-electron chi connectivity index (χ4n) is 2.65. The van der Waals surface area contributed by atoms with Crippen LogP contribution in [0.3, 0.4) is 0 Å². The van der Waals surface area contributed by atoms with Gasteiger partial charge >= 0.3 is 0 Å². The van der Waals surface area contributed by atoms with E-state index in [-0.39, 0.29) is 5.78 Å². The molecule has 0 saturated heterocycles.